The van der Waals surface area contributed by atoms with Crippen LogP contribution in [0.25, 0.3) is 0 Å². The van der Waals surface area contributed by atoms with Crippen molar-refractivity contribution in [2.24, 2.45) is 11.3 Å². The van der Waals surface area contributed by atoms with Gasteiger partial charge in [-0.1, -0.05) is 19.9 Å². The Morgan fingerprint density at radius 3 is 2.35 bits per heavy atom. The zero-order chi connectivity index (χ0) is 31.3. The number of carbonyl (C=O) groups excluding carboxylic acids is 3. The third-order valence-electron chi connectivity index (χ3n) is 9.65. The molecular formula is C29H36F6N4O4. The normalized spacial score (nSPS) is 27.0. The minimum Gasteiger partial charge on any atom is -0.381 e. The summed E-state index contributed by atoms with van der Waals surface area (Å²) in [5.74, 6) is -2.65. The molecule has 1 saturated carbocycles. The van der Waals surface area contributed by atoms with Crippen LogP contribution in [-0.4, -0.2) is 83.7 Å². The van der Waals surface area contributed by atoms with E-state index < -0.39 is 47.4 Å². The molecule has 238 valence electrons. The van der Waals surface area contributed by atoms with Gasteiger partial charge in [0.2, 0.25) is 5.91 Å². The molecule has 0 unspecified atom stereocenters. The number of amides is 4. The van der Waals surface area contributed by atoms with Crippen molar-refractivity contribution in [2.75, 3.05) is 32.8 Å². The number of alkyl halides is 6. The van der Waals surface area contributed by atoms with Crippen molar-refractivity contribution < 1.29 is 45.5 Å². The summed E-state index contributed by atoms with van der Waals surface area (Å²) in [5.41, 5.74) is -1.22. The maximum atomic E-state index is 14.4. The van der Waals surface area contributed by atoms with Crippen LogP contribution in [-0.2, 0) is 27.0 Å². The van der Waals surface area contributed by atoms with Gasteiger partial charge in [0.05, 0.1) is 17.0 Å². The Hall–Kier alpha value is -3.03. The predicted octanol–water partition coefficient (Wildman–Crippen LogP) is 4.88. The summed E-state index contributed by atoms with van der Waals surface area (Å²) >= 11 is 0. The van der Waals surface area contributed by atoms with E-state index in [0.29, 0.717) is 18.7 Å². The lowest BCUT2D eigenvalue weighted by molar-refractivity contribution is -0.192. The number of urea groups is 1. The van der Waals surface area contributed by atoms with Crippen molar-refractivity contribution in [3.05, 3.63) is 34.9 Å². The first kappa shape index (κ1) is 31.4. The van der Waals surface area contributed by atoms with Crippen molar-refractivity contribution in [3.63, 3.8) is 0 Å². The van der Waals surface area contributed by atoms with E-state index in [9.17, 15) is 40.7 Å². The van der Waals surface area contributed by atoms with Gasteiger partial charge in [0, 0.05) is 51.5 Å². The number of halogens is 6. The molecular weight excluding hydrogens is 582 g/mol. The molecule has 2 saturated heterocycles. The third-order valence-corrected chi connectivity index (χ3v) is 9.65. The fraction of sp³-hybridized carbons (Fsp3) is 0.690. The standard InChI is InChI=1S/C29H36F6N4O4/c1-17(2)27(8-5-21(14-27)39(25(41)29(33,34)35)20-6-11-43-12-7-20)24(40)37-15-18-13-19(28(30,31)32)3-4-22(18)23(16-37)38-10-9-36-26(38)42/h3-4,13,17,20-21,23H,5-12,14-16H2,1-2H3,(H,36,42)/t21-,23+,27+/m1/s1. The highest BCUT2D eigenvalue weighted by atomic mass is 19.4. The van der Waals surface area contributed by atoms with E-state index in [1.165, 1.54) is 15.9 Å². The summed E-state index contributed by atoms with van der Waals surface area (Å²) in [4.78, 5) is 43.6. The quantitative estimate of drug-likeness (QED) is 0.478. The second kappa shape index (κ2) is 11.5. The molecule has 0 aromatic heterocycles. The number of rotatable bonds is 5. The summed E-state index contributed by atoms with van der Waals surface area (Å²) < 4.78 is 87.5. The molecule has 43 heavy (non-hydrogen) atoms. The van der Waals surface area contributed by atoms with E-state index in [0.717, 1.165) is 17.0 Å². The number of hydrogen-bond acceptors (Lipinski definition) is 4. The number of hydrogen-bond donors (Lipinski definition) is 1. The molecule has 3 atom stereocenters. The first-order chi connectivity index (χ1) is 20.1. The summed E-state index contributed by atoms with van der Waals surface area (Å²) in [6, 6.07) is 0.742. The highest BCUT2D eigenvalue weighted by Crippen LogP contribution is 2.50. The van der Waals surface area contributed by atoms with Gasteiger partial charge >= 0.3 is 24.3 Å². The molecule has 1 N–H and O–H groups in total. The lowest BCUT2D eigenvalue weighted by atomic mass is 9.73. The fourth-order valence-electron chi connectivity index (χ4n) is 7.33. The van der Waals surface area contributed by atoms with Crippen LogP contribution in [0.4, 0.5) is 31.1 Å². The van der Waals surface area contributed by atoms with E-state index in [1.54, 1.807) is 13.8 Å². The SMILES string of the molecule is CC(C)[C@]1(C(=O)N2Cc3cc(C(F)(F)F)ccc3[C@@H](N3CCNC3=O)C2)CC[C@@H](N(C(=O)C(F)(F)F)C2CCOCC2)C1. The molecule has 5 rings (SSSR count). The summed E-state index contributed by atoms with van der Waals surface area (Å²) in [6.07, 6.45) is -8.77. The van der Waals surface area contributed by atoms with Gasteiger partial charge in [0.25, 0.3) is 0 Å². The molecule has 1 aromatic rings. The topological polar surface area (TPSA) is 82.2 Å². The van der Waals surface area contributed by atoms with Gasteiger partial charge in [-0.15, -0.1) is 0 Å². The van der Waals surface area contributed by atoms with Gasteiger partial charge in [-0.3, -0.25) is 9.59 Å². The van der Waals surface area contributed by atoms with Gasteiger partial charge in [-0.2, -0.15) is 26.3 Å². The van der Waals surface area contributed by atoms with E-state index >= 15 is 0 Å². The number of carbonyl (C=O) groups is 3. The van der Waals surface area contributed by atoms with Crippen molar-refractivity contribution in [2.45, 2.75) is 83.0 Å². The molecule has 3 aliphatic heterocycles. The van der Waals surface area contributed by atoms with Crippen LogP contribution in [0.3, 0.4) is 0 Å². The maximum Gasteiger partial charge on any atom is 0.471 e. The van der Waals surface area contributed by atoms with Crippen LogP contribution in [0, 0.1) is 11.3 Å². The van der Waals surface area contributed by atoms with E-state index in [-0.39, 0.29) is 81.8 Å². The van der Waals surface area contributed by atoms with Crippen LogP contribution in [0.1, 0.15) is 68.7 Å². The Balaban J connectivity index is 1.47. The first-order valence-electron chi connectivity index (χ1n) is 14.6. The zero-order valence-electron chi connectivity index (χ0n) is 24.1. The molecule has 1 aliphatic carbocycles. The molecule has 0 radical (unpaired) electrons. The predicted molar refractivity (Wildman–Crippen MR) is 141 cm³/mol. The number of nitrogens with one attached hydrogen (secondary N) is 1. The monoisotopic (exact) mass is 618 g/mol. The van der Waals surface area contributed by atoms with Gasteiger partial charge < -0.3 is 24.8 Å². The smallest absolute Gasteiger partial charge is 0.381 e. The van der Waals surface area contributed by atoms with E-state index in [4.69, 9.17) is 4.74 Å². The molecule has 8 nitrogen and oxygen atoms in total. The van der Waals surface area contributed by atoms with Crippen LogP contribution in [0.2, 0.25) is 0 Å². The minimum atomic E-state index is -5.08. The highest BCUT2D eigenvalue weighted by Gasteiger charge is 2.55. The van der Waals surface area contributed by atoms with E-state index in [1.807, 2.05) is 0 Å². The lowest BCUT2D eigenvalue weighted by Gasteiger charge is -2.44. The Morgan fingerprint density at radius 1 is 1.07 bits per heavy atom. The summed E-state index contributed by atoms with van der Waals surface area (Å²) in [6.45, 7) is 4.63. The number of nitrogens with zero attached hydrogens (tertiary/aromatic N) is 3. The Bertz CT molecular complexity index is 1250. The van der Waals surface area contributed by atoms with Crippen molar-refractivity contribution >= 4 is 17.8 Å². The number of benzene rings is 1. The van der Waals surface area contributed by atoms with Gasteiger partial charge in [-0.05, 0) is 61.3 Å². The van der Waals surface area contributed by atoms with Gasteiger partial charge in [-0.25, -0.2) is 4.79 Å². The molecule has 3 fully saturated rings. The lowest BCUT2D eigenvalue weighted by Crippen LogP contribution is -2.55. The largest absolute Gasteiger partial charge is 0.471 e. The Morgan fingerprint density at radius 2 is 1.77 bits per heavy atom. The molecule has 3 heterocycles. The highest BCUT2D eigenvalue weighted by molar-refractivity contribution is 5.85. The summed E-state index contributed by atoms with van der Waals surface area (Å²) in [5, 5.41) is 2.70. The molecule has 4 amide bonds. The first-order valence-corrected chi connectivity index (χ1v) is 14.6. The molecule has 1 aromatic carbocycles. The molecule has 14 heteroatoms. The molecule has 0 spiro atoms. The average Bonchev–Trinajstić information content (AvgIpc) is 3.59. The zero-order valence-corrected chi connectivity index (χ0v) is 24.1. The van der Waals surface area contributed by atoms with Crippen molar-refractivity contribution in [1.82, 2.24) is 20.0 Å². The van der Waals surface area contributed by atoms with Gasteiger partial charge in [0.1, 0.15) is 0 Å². The summed E-state index contributed by atoms with van der Waals surface area (Å²) in [7, 11) is 0. The van der Waals surface area contributed by atoms with Gasteiger partial charge in [0.15, 0.2) is 0 Å². The Kier molecular flexibility index (Phi) is 8.38. The fourth-order valence-corrected chi connectivity index (χ4v) is 7.33. The van der Waals surface area contributed by atoms with Crippen molar-refractivity contribution in [1.29, 1.82) is 0 Å². The van der Waals surface area contributed by atoms with Crippen LogP contribution in [0.15, 0.2) is 18.2 Å². The second-order valence-electron chi connectivity index (χ2n) is 12.3. The Labute approximate surface area is 245 Å². The third kappa shape index (κ3) is 5.91. The molecule has 4 aliphatic rings. The number of fused-ring (bicyclic) bond motifs is 1. The average molecular weight is 619 g/mol. The minimum absolute atomic E-state index is 0.00346. The molecule has 0 bridgehead atoms. The van der Waals surface area contributed by atoms with Crippen LogP contribution in [0.5, 0.6) is 0 Å². The maximum absolute atomic E-state index is 14.4. The van der Waals surface area contributed by atoms with Crippen LogP contribution >= 0.6 is 0 Å². The number of ether oxygens (including phenoxy) is 1. The van der Waals surface area contributed by atoms with E-state index in [2.05, 4.69) is 5.32 Å². The van der Waals surface area contributed by atoms with Crippen LogP contribution < -0.4 is 5.32 Å². The van der Waals surface area contributed by atoms with Crippen molar-refractivity contribution in [3.8, 4) is 0 Å². The second-order valence-corrected chi connectivity index (χ2v) is 12.3.